The number of carbonyl (C=O) groups excluding carboxylic acids is 1. The van der Waals surface area contributed by atoms with Crippen LogP contribution in [0.5, 0.6) is 0 Å². The van der Waals surface area contributed by atoms with Crippen LogP contribution in [-0.4, -0.2) is 39.5 Å². The number of hydrogen-bond acceptors (Lipinski definition) is 3. The highest BCUT2D eigenvalue weighted by molar-refractivity contribution is 5.92. The van der Waals surface area contributed by atoms with E-state index < -0.39 is 0 Å². The van der Waals surface area contributed by atoms with Crippen molar-refractivity contribution in [1.29, 1.82) is 0 Å². The molecule has 1 amide bonds. The third-order valence-electron chi connectivity index (χ3n) is 4.74. The molecule has 0 unspecified atom stereocenters. The van der Waals surface area contributed by atoms with Crippen molar-refractivity contribution in [3.8, 4) is 0 Å². The molecule has 1 aliphatic carbocycles. The second-order valence-electron chi connectivity index (χ2n) is 6.04. The Kier molecular flexibility index (Phi) is 4.05. The maximum Gasteiger partial charge on any atom is 0.274 e. The van der Waals surface area contributed by atoms with Crippen molar-refractivity contribution in [2.24, 2.45) is 11.7 Å². The summed E-state index contributed by atoms with van der Waals surface area (Å²) >= 11 is 0. The molecule has 0 bridgehead atoms. The number of nitrogens with two attached hydrogens (primary N) is 1. The molecule has 2 atom stereocenters. The lowest BCUT2D eigenvalue weighted by atomic mass is 9.78. The van der Waals surface area contributed by atoms with Crippen molar-refractivity contribution in [2.75, 3.05) is 13.1 Å². The number of carbonyl (C=O) groups is 1. The second-order valence-corrected chi connectivity index (χ2v) is 6.04. The second kappa shape index (κ2) is 5.95. The van der Waals surface area contributed by atoms with Gasteiger partial charge in [-0.1, -0.05) is 12.8 Å². The molecular weight excluding hydrogens is 252 g/mol. The van der Waals surface area contributed by atoms with Crippen LogP contribution >= 0.6 is 0 Å². The van der Waals surface area contributed by atoms with E-state index in [2.05, 4.69) is 9.88 Å². The van der Waals surface area contributed by atoms with Gasteiger partial charge in [0.05, 0.1) is 6.33 Å². The van der Waals surface area contributed by atoms with Crippen LogP contribution in [0.25, 0.3) is 0 Å². The van der Waals surface area contributed by atoms with Crippen molar-refractivity contribution in [3.05, 3.63) is 18.2 Å². The Hall–Kier alpha value is -1.36. The first-order valence-electron chi connectivity index (χ1n) is 7.82. The molecule has 1 aromatic rings. The average Bonchev–Trinajstić information content (AvgIpc) is 2.95. The molecule has 1 saturated carbocycles. The predicted octanol–water partition coefficient (Wildman–Crippen LogP) is 1.64. The van der Waals surface area contributed by atoms with Gasteiger partial charge in [-0.15, -0.1) is 0 Å². The largest absolute Gasteiger partial charge is 0.335 e. The monoisotopic (exact) mass is 276 g/mol. The Labute approximate surface area is 120 Å². The number of imidazole rings is 1. The minimum absolute atomic E-state index is 0.109. The van der Waals surface area contributed by atoms with Gasteiger partial charge in [0.2, 0.25) is 0 Å². The summed E-state index contributed by atoms with van der Waals surface area (Å²) < 4.78 is 1.90. The molecule has 3 rings (SSSR count). The Bertz CT molecular complexity index is 468. The molecule has 1 aliphatic heterocycles. The van der Waals surface area contributed by atoms with Gasteiger partial charge >= 0.3 is 0 Å². The van der Waals surface area contributed by atoms with Crippen molar-refractivity contribution in [3.63, 3.8) is 0 Å². The van der Waals surface area contributed by atoms with Crippen LogP contribution in [-0.2, 0) is 6.54 Å². The van der Waals surface area contributed by atoms with E-state index in [1.165, 1.54) is 32.1 Å². The number of hydrogen-bond donors (Lipinski definition) is 1. The number of likely N-dealkylation sites (tertiary alicyclic amines) is 1. The molecule has 1 aromatic heterocycles. The first-order chi connectivity index (χ1) is 9.79. The van der Waals surface area contributed by atoms with Crippen molar-refractivity contribution < 1.29 is 4.79 Å². The Balaban J connectivity index is 1.74. The lowest BCUT2D eigenvalue weighted by molar-refractivity contribution is 0.0385. The number of rotatable bonds is 3. The zero-order valence-corrected chi connectivity index (χ0v) is 12.0. The molecule has 0 aromatic carbocycles. The summed E-state index contributed by atoms with van der Waals surface area (Å²) in [6, 6.07) is 0.449. The van der Waals surface area contributed by atoms with Crippen LogP contribution in [0.2, 0.25) is 0 Å². The van der Waals surface area contributed by atoms with Gasteiger partial charge in [0, 0.05) is 31.9 Å². The third kappa shape index (κ3) is 2.59. The van der Waals surface area contributed by atoms with Crippen LogP contribution < -0.4 is 5.73 Å². The highest BCUT2D eigenvalue weighted by Gasteiger charge is 2.36. The maximum atomic E-state index is 12.7. The topological polar surface area (TPSA) is 64.2 Å². The fraction of sp³-hybridized carbons (Fsp3) is 0.733. The van der Waals surface area contributed by atoms with E-state index >= 15 is 0 Å². The predicted molar refractivity (Wildman–Crippen MR) is 77.3 cm³/mol. The number of nitrogens with zero attached hydrogens (tertiary/aromatic N) is 3. The van der Waals surface area contributed by atoms with Gasteiger partial charge in [0.25, 0.3) is 5.91 Å². The molecule has 1 saturated heterocycles. The SMILES string of the molecule is NCCn1cnc(C(=O)N2CCC[C@H]3CCCC[C@H]32)c1. The minimum Gasteiger partial charge on any atom is -0.335 e. The molecule has 0 spiro atoms. The van der Waals surface area contributed by atoms with E-state index in [9.17, 15) is 4.79 Å². The number of piperidine rings is 1. The average molecular weight is 276 g/mol. The summed E-state index contributed by atoms with van der Waals surface area (Å²) in [5.74, 6) is 0.824. The summed E-state index contributed by atoms with van der Waals surface area (Å²) in [6.45, 7) is 2.18. The molecule has 110 valence electrons. The minimum atomic E-state index is 0.109. The van der Waals surface area contributed by atoms with Crippen molar-refractivity contribution >= 4 is 5.91 Å². The zero-order valence-electron chi connectivity index (χ0n) is 12.0. The van der Waals surface area contributed by atoms with Gasteiger partial charge < -0.3 is 15.2 Å². The lowest BCUT2D eigenvalue weighted by Gasteiger charge is -2.43. The zero-order chi connectivity index (χ0) is 13.9. The van der Waals surface area contributed by atoms with E-state index in [0.717, 1.165) is 13.0 Å². The third-order valence-corrected chi connectivity index (χ3v) is 4.74. The molecule has 5 heteroatoms. The fourth-order valence-electron chi connectivity index (χ4n) is 3.77. The van der Waals surface area contributed by atoms with E-state index in [4.69, 9.17) is 5.73 Å². The summed E-state index contributed by atoms with van der Waals surface area (Å²) in [7, 11) is 0. The van der Waals surface area contributed by atoms with E-state index in [1.54, 1.807) is 6.33 Å². The van der Waals surface area contributed by atoms with E-state index in [0.29, 0.717) is 30.7 Å². The molecule has 2 aliphatic rings. The summed E-state index contributed by atoms with van der Waals surface area (Å²) in [5, 5.41) is 0. The molecule has 0 radical (unpaired) electrons. The quantitative estimate of drug-likeness (QED) is 0.912. The maximum absolute atomic E-state index is 12.7. The lowest BCUT2D eigenvalue weighted by Crippen LogP contribution is -2.49. The Morgan fingerprint density at radius 2 is 2.10 bits per heavy atom. The van der Waals surface area contributed by atoms with E-state index in [-0.39, 0.29) is 5.91 Å². The fourth-order valence-corrected chi connectivity index (χ4v) is 3.77. The van der Waals surface area contributed by atoms with Gasteiger partial charge in [-0.05, 0) is 31.6 Å². The number of amides is 1. The smallest absolute Gasteiger partial charge is 0.274 e. The van der Waals surface area contributed by atoms with Gasteiger partial charge in [-0.25, -0.2) is 4.98 Å². The Morgan fingerprint density at radius 1 is 1.30 bits per heavy atom. The van der Waals surface area contributed by atoms with Crippen LogP contribution in [0.4, 0.5) is 0 Å². The Morgan fingerprint density at radius 3 is 2.95 bits per heavy atom. The standard InChI is InChI=1S/C15H24N4O/c16-7-9-18-10-13(17-11-18)15(20)19-8-3-5-12-4-1-2-6-14(12)19/h10-12,14H,1-9,16H2/t12-,14-/m1/s1. The molecular formula is C15H24N4O. The molecule has 2 N–H and O–H groups in total. The molecule has 2 heterocycles. The molecule has 2 fully saturated rings. The normalized spacial score (nSPS) is 26.4. The van der Waals surface area contributed by atoms with Gasteiger partial charge in [0.15, 0.2) is 0 Å². The highest BCUT2D eigenvalue weighted by Crippen LogP contribution is 2.35. The van der Waals surface area contributed by atoms with Crippen LogP contribution in [0.1, 0.15) is 49.0 Å². The van der Waals surface area contributed by atoms with E-state index in [1.807, 2.05) is 10.8 Å². The van der Waals surface area contributed by atoms with Crippen LogP contribution in [0, 0.1) is 5.92 Å². The molecule has 5 nitrogen and oxygen atoms in total. The highest BCUT2D eigenvalue weighted by atomic mass is 16.2. The summed E-state index contributed by atoms with van der Waals surface area (Å²) in [5.41, 5.74) is 6.11. The van der Waals surface area contributed by atoms with Gasteiger partial charge in [-0.2, -0.15) is 0 Å². The number of fused-ring (bicyclic) bond motifs is 1. The van der Waals surface area contributed by atoms with Crippen LogP contribution in [0.3, 0.4) is 0 Å². The molecule has 20 heavy (non-hydrogen) atoms. The van der Waals surface area contributed by atoms with Gasteiger partial charge in [-0.3, -0.25) is 4.79 Å². The van der Waals surface area contributed by atoms with Crippen molar-refractivity contribution in [2.45, 2.75) is 51.1 Å². The first kappa shape index (κ1) is 13.6. The first-order valence-corrected chi connectivity index (χ1v) is 7.82. The van der Waals surface area contributed by atoms with Crippen LogP contribution in [0.15, 0.2) is 12.5 Å². The van der Waals surface area contributed by atoms with Crippen molar-refractivity contribution in [1.82, 2.24) is 14.5 Å². The van der Waals surface area contributed by atoms with Gasteiger partial charge in [0.1, 0.15) is 5.69 Å². The number of aromatic nitrogens is 2. The summed E-state index contributed by atoms with van der Waals surface area (Å²) in [4.78, 5) is 19.0. The summed E-state index contributed by atoms with van der Waals surface area (Å²) in [6.07, 6.45) is 11.0.